The molecule has 5 nitrogen and oxygen atoms in total. The Hall–Kier alpha value is -2.09. The fourth-order valence-corrected chi connectivity index (χ4v) is 1.97. The summed E-state index contributed by atoms with van der Waals surface area (Å²) in [4.78, 5) is 15.2. The highest BCUT2D eigenvalue weighted by atomic mass is 127. The number of guanidine groups is 1. The summed E-state index contributed by atoms with van der Waals surface area (Å²) in [5.74, 6) is 0.308. The van der Waals surface area contributed by atoms with Crippen LogP contribution in [0.15, 0.2) is 59.6 Å². The molecule has 0 radical (unpaired) electrons. The Bertz CT molecular complexity index is 641. The SMILES string of the molecule is CN=C(NCc1ccccc1)NCc1ccc(C(N)=O)cc1.I. The number of carbonyl (C=O) groups is 1. The minimum atomic E-state index is -0.417. The minimum absolute atomic E-state index is 0. The predicted molar refractivity (Wildman–Crippen MR) is 104 cm³/mol. The van der Waals surface area contributed by atoms with Crippen molar-refractivity contribution in [1.82, 2.24) is 10.6 Å². The summed E-state index contributed by atoms with van der Waals surface area (Å²) in [7, 11) is 1.73. The van der Waals surface area contributed by atoms with Gasteiger partial charge >= 0.3 is 0 Å². The highest BCUT2D eigenvalue weighted by molar-refractivity contribution is 14.0. The van der Waals surface area contributed by atoms with E-state index in [0.717, 1.165) is 11.5 Å². The average molecular weight is 424 g/mol. The van der Waals surface area contributed by atoms with Crippen molar-refractivity contribution in [1.29, 1.82) is 0 Å². The van der Waals surface area contributed by atoms with E-state index in [1.54, 1.807) is 19.2 Å². The maximum Gasteiger partial charge on any atom is 0.248 e. The number of hydrogen-bond donors (Lipinski definition) is 3. The Morgan fingerprint density at radius 2 is 1.48 bits per heavy atom. The van der Waals surface area contributed by atoms with Crippen LogP contribution in [0.2, 0.25) is 0 Å². The molecule has 0 saturated carbocycles. The zero-order valence-corrected chi connectivity index (χ0v) is 15.3. The third-order valence-electron chi connectivity index (χ3n) is 3.22. The monoisotopic (exact) mass is 424 g/mol. The van der Waals surface area contributed by atoms with E-state index in [1.807, 2.05) is 30.3 Å². The molecule has 2 aromatic carbocycles. The summed E-state index contributed by atoms with van der Waals surface area (Å²) >= 11 is 0. The van der Waals surface area contributed by atoms with E-state index >= 15 is 0 Å². The number of carbonyl (C=O) groups excluding carboxylic acids is 1. The van der Waals surface area contributed by atoms with Gasteiger partial charge in [-0.15, -0.1) is 24.0 Å². The number of rotatable bonds is 5. The van der Waals surface area contributed by atoms with Crippen molar-refractivity contribution in [3.8, 4) is 0 Å². The number of aliphatic imine (C=N–C) groups is 1. The first kappa shape index (κ1) is 19.0. The van der Waals surface area contributed by atoms with E-state index in [0.29, 0.717) is 18.7 Å². The van der Waals surface area contributed by atoms with E-state index in [9.17, 15) is 4.79 Å². The van der Waals surface area contributed by atoms with Crippen LogP contribution in [0.4, 0.5) is 0 Å². The van der Waals surface area contributed by atoms with Gasteiger partial charge in [-0.25, -0.2) is 0 Å². The quantitative estimate of drug-likeness (QED) is 0.392. The maximum absolute atomic E-state index is 11.0. The van der Waals surface area contributed by atoms with Gasteiger partial charge in [0.1, 0.15) is 0 Å². The number of amides is 1. The van der Waals surface area contributed by atoms with Gasteiger partial charge in [-0.2, -0.15) is 0 Å². The lowest BCUT2D eigenvalue weighted by Crippen LogP contribution is -2.36. The van der Waals surface area contributed by atoms with Gasteiger partial charge in [-0.3, -0.25) is 9.79 Å². The first-order valence-corrected chi connectivity index (χ1v) is 7.06. The highest BCUT2D eigenvalue weighted by Crippen LogP contribution is 2.03. The van der Waals surface area contributed by atoms with E-state index in [4.69, 9.17) is 5.73 Å². The molecular formula is C17H21IN4O. The largest absolute Gasteiger partial charge is 0.366 e. The second kappa shape index (κ2) is 9.83. The molecule has 122 valence electrons. The first-order chi connectivity index (χ1) is 10.7. The predicted octanol–water partition coefficient (Wildman–Crippen LogP) is 2.27. The molecule has 2 aromatic rings. The Kier molecular flexibility index (Phi) is 8.10. The van der Waals surface area contributed by atoms with Crippen LogP contribution in [0.25, 0.3) is 0 Å². The van der Waals surface area contributed by atoms with Gasteiger partial charge in [0.25, 0.3) is 0 Å². The van der Waals surface area contributed by atoms with Gasteiger partial charge in [0.05, 0.1) is 0 Å². The Morgan fingerprint density at radius 1 is 0.957 bits per heavy atom. The molecule has 4 N–H and O–H groups in total. The fourth-order valence-electron chi connectivity index (χ4n) is 1.97. The van der Waals surface area contributed by atoms with Crippen molar-refractivity contribution in [3.63, 3.8) is 0 Å². The van der Waals surface area contributed by atoms with Gasteiger partial charge in [0.15, 0.2) is 5.96 Å². The summed E-state index contributed by atoms with van der Waals surface area (Å²) in [5, 5.41) is 6.48. The van der Waals surface area contributed by atoms with Crippen LogP contribution in [0, 0.1) is 0 Å². The van der Waals surface area contributed by atoms with E-state index in [1.165, 1.54) is 5.56 Å². The molecule has 23 heavy (non-hydrogen) atoms. The molecule has 6 heteroatoms. The molecule has 0 aliphatic rings. The molecule has 0 spiro atoms. The zero-order valence-electron chi connectivity index (χ0n) is 13.0. The topological polar surface area (TPSA) is 79.5 Å². The van der Waals surface area contributed by atoms with Crippen LogP contribution in [0.3, 0.4) is 0 Å². The van der Waals surface area contributed by atoms with Gasteiger partial charge in [0.2, 0.25) is 5.91 Å². The molecule has 0 atom stereocenters. The van der Waals surface area contributed by atoms with Crippen molar-refractivity contribution >= 4 is 35.8 Å². The lowest BCUT2D eigenvalue weighted by molar-refractivity contribution is 0.100. The van der Waals surface area contributed by atoms with Crippen molar-refractivity contribution in [2.24, 2.45) is 10.7 Å². The third kappa shape index (κ3) is 6.27. The molecule has 0 fully saturated rings. The lowest BCUT2D eigenvalue weighted by Gasteiger charge is -2.12. The molecule has 0 aromatic heterocycles. The molecule has 2 rings (SSSR count). The average Bonchev–Trinajstić information content (AvgIpc) is 2.56. The Labute approximate surface area is 153 Å². The summed E-state index contributed by atoms with van der Waals surface area (Å²) in [6.07, 6.45) is 0. The normalized spacial score (nSPS) is 10.6. The molecule has 0 bridgehead atoms. The molecule has 0 heterocycles. The molecule has 0 aliphatic heterocycles. The summed E-state index contributed by atoms with van der Waals surface area (Å²) < 4.78 is 0. The number of hydrogen-bond acceptors (Lipinski definition) is 2. The number of nitrogens with two attached hydrogens (primary N) is 1. The summed E-state index contributed by atoms with van der Waals surface area (Å²) in [6, 6.07) is 17.3. The molecule has 1 amide bonds. The molecule has 0 aliphatic carbocycles. The van der Waals surface area contributed by atoms with Gasteiger partial charge < -0.3 is 16.4 Å². The van der Waals surface area contributed by atoms with Crippen LogP contribution in [0.5, 0.6) is 0 Å². The first-order valence-electron chi connectivity index (χ1n) is 7.06. The zero-order chi connectivity index (χ0) is 15.8. The number of nitrogens with zero attached hydrogens (tertiary/aromatic N) is 1. The van der Waals surface area contributed by atoms with Crippen LogP contribution in [-0.4, -0.2) is 18.9 Å². The van der Waals surface area contributed by atoms with E-state index in [-0.39, 0.29) is 24.0 Å². The maximum atomic E-state index is 11.0. The second-order valence-electron chi connectivity index (χ2n) is 4.83. The smallest absolute Gasteiger partial charge is 0.248 e. The van der Waals surface area contributed by atoms with Crippen molar-refractivity contribution < 1.29 is 4.79 Å². The van der Waals surface area contributed by atoms with Crippen molar-refractivity contribution in [2.75, 3.05) is 7.05 Å². The molecule has 0 saturated heterocycles. The highest BCUT2D eigenvalue weighted by Gasteiger charge is 2.01. The standard InChI is InChI=1S/C17H20N4O.HI/c1-19-17(20-11-13-5-3-2-4-6-13)21-12-14-7-9-15(10-8-14)16(18)22;/h2-10H,11-12H2,1H3,(H2,18,22)(H2,19,20,21);1H. The molecule has 0 unspecified atom stereocenters. The molecular weight excluding hydrogens is 403 g/mol. The van der Waals surface area contributed by atoms with Crippen LogP contribution < -0.4 is 16.4 Å². The minimum Gasteiger partial charge on any atom is -0.366 e. The fraction of sp³-hybridized carbons (Fsp3) is 0.176. The van der Waals surface area contributed by atoms with E-state index < -0.39 is 5.91 Å². The summed E-state index contributed by atoms with van der Waals surface area (Å²) in [5.41, 5.74) is 7.97. The van der Waals surface area contributed by atoms with Crippen LogP contribution in [0.1, 0.15) is 21.5 Å². The van der Waals surface area contributed by atoms with Crippen molar-refractivity contribution in [2.45, 2.75) is 13.1 Å². The third-order valence-corrected chi connectivity index (χ3v) is 3.22. The van der Waals surface area contributed by atoms with Crippen molar-refractivity contribution in [3.05, 3.63) is 71.3 Å². The van der Waals surface area contributed by atoms with Gasteiger partial charge in [-0.05, 0) is 23.3 Å². The number of nitrogens with one attached hydrogen (secondary N) is 2. The Balaban J connectivity index is 0.00000264. The number of halogens is 1. The summed E-state index contributed by atoms with van der Waals surface area (Å²) in [6.45, 7) is 1.33. The van der Waals surface area contributed by atoms with Gasteiger partial charge in [-0.1, -0.05) is 42.5 Å². The second-order valence-corrected chi connectivity index (χ2v) is 4.83. The van der Waals surface area contributed by atoms with Crippen LogP contribution in [-0.2, 0) is 13.1 Å². The Morgan fingerprint density at radius 3 is 1.96 bits per heavy atom. The number of primary amides is 1. The lowest BCUT2D eigenvalue weighted by atomic mass is 10.1. The number of benzene rings is 2. The van der Waals surface area contributed by atoms with Crippen LogP contribution >= 0.6 is 24.0 Å². The van der Waals surface area contributed by atoms with E-state index in [2.05, 4.69) is 27.8 Å². The van der Waals surface area contributed by atoms with Gasteiger partial charge in [0, 0.05) is 25.7 Å².